The molecular formula is C24H27N5O5S. The first-order valence-corrected chi connectivity index (χ1v) is 11.9. The molecule has 11 heteroatoms. The van der Waals surface area contributed by atoms with Gasteiger partial charge in [0, 0.05) is 30.4 Å². The lowest BCUT2D eigenvalue weighted by Gasteiger charge is -2.14. The molecule has 0 saturated carbocycles. The molecule has 2 amide bonds. The quantitative estimate of drug-likeness (QED) is 0.340. The normalized spacial score (nSPS) is 11.5. The Kier molecular flexibility index (Phi) is 8.85. The van der Waals surface area contributed by atoms with Crippen molar-refractivity contribution in [3.05, 3.63) is 48.5 Å². The van der Waals surface area contributed by atoms with Gasteiger partial charge in [-0.05, 0) is 62.4 Å². The van der Waals surface area contributed by atoms with Crippen LogP contribution in [0.3, 0.4) is 0 Å². The minimum atomic E-state index is -0.944. The van der Waals surface area contributed by atoms with Crippen LogP contribution in [0.2, 0.25) is 0 Å². The predicted octanol–water partition coefficient (Wildman–Crippen LogP) is 3.90. The highest BCUT2D eigenvalue weighted by molar-refractivity contribution is 8.00. The molecule has 0 fully saturated rings. The lowest BCUT2D eigenvalue weighted by atomic mass is 10.2. The number of carbonyl (C=O) groups is 3. The maximum Gasteiger partial charge on any atom is 0.305 e. The summed E-state index contributed by atoms with van der Waals surface area (Å²) in [7, 11) is 0. The molecule has 0 aliphatic rings. The summed E-state index contributed by atoms with van der Waals surface area (Å²) in [6.45, 7) is 5.77. The fraction of sp³-hybridized carbons (Fsp3) is 0.292. The first kappa shape index (κ1) is 25.8. The van der Waals surface area contributed by atoms with E-state index in [2.05, 4.69) is 20.8 Å². The summed E-state index contributed by atoms with van der Waals surface area (Å²) in [5.41, 5.74) is 1.97. The number of ether oxygens (including phenoxy) is 1. The Morgan fingerprint density at radius 3 is 2.23 bits per heavy atom. The van der Waals surface area contributed by atoms with Crippen LogP contribution in [0.15, 0.2) is 53.7 Å². The molecule has 0 saturated heterocycles. The van der Waals surface area contributed by atoms with E-state index in [-0.39, 0.29) is 24.8 Å². The minimum absolute atomic E-state index is 0.114. The van der Waals surface area contributed by atoms with Crippen LogP contribution in [0.25, 0.3) is 11.4 Å². The number of carbonyl (C=O) groups excluding carboxylic acids is 2. The number of nitrogens with one attached hydrogen (secondary N) is 2. The standard InChI is InChI=1S/C24H27N5O5S/c1-4-34-20-11-5-17(6-12-20)22-27-28-24(29(22)14-13-21(31)32)35-15(2)23(33)26-19-9-7-18(8-10-19)25-16(3)30/h5-12,15H,4,13-14H2,1-3H3,(H,25,30)(H,26,33)(H,31,32)/t15-/m0/s1. The fourth-order valence-electron chi connectivity index (χ4n) is 3.16. The van der Waals surface area contributed by atoms with Gasteiger partial charge in [0.2, 0.25) is 11.8 Å². The third-order valence-corrected chi connectivity index (χ3v) is 5.89. The molecule has 0 aliphatic heterocycles. The number of benzene rings is 2. The van der Waals surface area contributed by atoms with E-state index in [0.29, 0.717) is 29.0 Å². The van der Waals surface area contributed by atoms with Crippen molar-refractivity contribution in [1.82, 2.24) is 14.8 Å². The van der Waals surface area contributed by atoms with E-state index >= 15 is 0 Å². The van der Waals surface area contributed by atoms with Crippen LogP contribution in [-0.4, -0.2) is 49.5 Å². The second-order valence-electron chi connectivity index (χ2n) is 7.57. The van der Waals surface area contributed by atoms with Gasteiger partial charge in [-0.2, -0.15) is 0 Å². The number of rotatable bonds is 11. The summed E-state index contributed by atoms with van der Waals surface area (Å²) in [5.74, 6) is -0.141. The molecule has 0 aliphatic carbocycles. The van der Waals surface area contributed by atoms with Gasteiger partial charge in [-0.1, -0.05) is 11.8 Å². The van der Waals surface area contributed by atoms with E-state index in [1.54, 1.807) is 35.8 Å². The van der Waals surface area contributed by atoms with Crippen LogP contribution in [0, 0.1) is 0 Å². The van der Waals surface area contributed by atoms with Gasteiger partial charge in [-0.3, -0.25) is 14.4 Å². The second-order valence-corrected chi connectivity index (χ2v) is 8.87. The largest absolute Gasteiger partial charge is 0.494 e. The van der Waals surface area contributed by atoms with Crippen LogP contribution < -0.4 is 15.4 Å². The molecule has 0 spiro atoms. The van der Waals surface area contributed by atoms with Gasteiger partial charge in [0.1, 0.15) is 5.75 Å². The van der Waals surface area contributed by atoms with Crippen LogP contribution >= 0.6 is 11.8 Å². The Bertz CT molecular complexity index is 1180. The Morgan fingerprint density at radius 2 is 1.66 bits per heavy atom. The molecule has 3 N–H and O–H groups in total. The van der Waals surface area contributed by atoms with Gasteiger partial charge in [-0.15, -0.1) is 10.2 Å². The van der Waals surface area contributed by atoms with Crippen molar-refractivity contribution in [1.29, 1.82) is 0 Å². The Morgan fingerprint density at radius 1 is 1.03 bits per heavy atom. The summed E-state index contributed by atoms with van der Waals surface area (Å²) >= 11 is 1.19. The molecular weight excluding hydrogens is 470 g/mol. The van der Waals surface area contributed by atoms with Gasteiger partial charge in [0.15, 0.2) is 11.0 Å². The average molecular weight is 498 g/mol. The monoisotopic (exact) mass is 497 g/mol. The zero-order valence-electron chi connectivity index (χ0n) is 19.6. The highest BCUT2D eigenvalue weighted by atomic mass is 32.2. The van der Waals surface area contributed by atoms with Crippen LogP contribution in [0.1, 0.15) is 27.2 Å². The molecule has 2 aromatic carbocycles. The minimum Gasteiger partial charge on any atom is -0.494 e. The Labute approximate surface area is 207 Å². The first-order valence-electron chi connectivity index (χ1n) is 11.0. The molecule has 10 nitrogen and oxygen atoms in total. The van der Waals surface area contributed by atoms with E-state index in [1.807, 2.05) is 31.2 Å². The lowest BCUT2D eigenvalue weighted by molar-refractivity contribution is -0.137. The smallest absolute Gasteiger partial charge is 0.305 e. The number of carboxylic acids is 1. The van der Waals surface area contributed by atoms with E-state index in [0.717, 1.165) is 11.3 Å². The Hall–Kier alpha value is -3.86. The number of nitrogens with zero attached hydrogens (tertiary/aromatic N) is 3. The zero-order valence-corrected chi connectivity index (χ0v) is 20.5. The molecule has 3 aromatic rings. The molecule has 1 atom stereocenters. The van der Waals surface area contributed by atoms with Crippen LogP contribution in [-0.2, 0) is 20.9 Å². The molecule has 3 rings (SSSR count). The van der Waals surface area contributed by atoms with Crippen molar-refractivity contribution in [3.63, 3.8) is 0 Å². The number of thioether (sulfide) groups is 1. The molecule has 0 unspecified atom stereocenters. The van der Waals surface area contributed by atoms with E-state index in [1.165, 1.54) is 18.7 Å². The van der Waals surface area contributed by atoms with Gasteiger partial charge < -0.3 is 25.0 Å². The third kappa shape index (κ3) is 7.31. The van der Waals surface area contributed by atoms with E-state index in [9.17, 15) is 19.5 Å². The lowest BCUT2D eigenvalue weighted by Crippen LogP contribution is -2.23. The maximum absolute atomic E-state index is 12.8. The number of anilines is 2. The van der Waals surface area contributed by atoms with Crippen molar-refractivity contribution in [2.45, 2.75) is 44.1 Å². The zero-order chi connectivity index (χ0) is 25.4. The number of amides is 2. The summed E-state index contributed by atoms with van der Waals surface area (Å²) in [6, 6.07) is 14.1. The third-order valence-electron chi connectivity index (χ3n) is 4.81. The Balaban J connectivity index is 1.74. The van der Waals surface area contributed by atoms with Crippen molar-refractivity contribution >= 4 is 40.9 Å². The molecule has 0 radical (unpaired) electrons. The molecule has 1 heterocycles. The first-order chi connectivity index (χ1) is 16.8. The fourth-order valence-corrected chi connectivity index (χ4v) is 4.04. The topological polar surface area (TPSA) is 135 Å². The number of carboxylic acid groups (broad SMARTS) is 1. The molecule has 184 valence electrons. The van der Waals surface area contributed by atoms with Gasteiger partial charge >= 0.3 is 5.97 Å². The highest BCUT2D eigenvalue weighted by Gasteiger charge is 2.21. The number of hydrogen-bond acceptors (Lipinski definition) is 7. The number of aliphatic carboxylic acids is 1. The summed E-state index contributed by atoms with van der Waals surface area (Å²) in [4.78, 5) is 35.1. The highest BCUT2D eigenvalue weighted by Crippen LogP contribution is 2.29. The average Bonchev–Trinajstić information content (AvgIpc) is 3.21. The van der Waals surface area contributed by atoms with Gasteiger partial charge in [0.25, 0.3) is 0 Å². The van der Waals surface area contributed by atoms with Crippen molar-refractivity contribution in [2.75, 3.05) is 17.2 Å². The summed E-state index contributed by atoms with van der Waals surface area (Å²) < 4.78 is 7.18. The van der Waals surface area contributed by atoms with Crippen molar-refractivity contribution in [3.8, 4) is 17.1 Å². The SMILES string of the molecule is CCOc1ccc(-c2nnc(S[C@@H](C)C(=O)Nc3ccc(NC(C)=O)cc3)n2CCC(=O)O)cc1. The van der Waals surface area contributed by atoms with Crippen molar-refractivity contribution < 1.29 is 24.2 Å². The van der Waals surface area contributed by atoms with E-state index in [4.69, 9.17) is 4.74 Å². The predicted molar refractivity (Wildman–Crippen MR) is 134 cm³/mol. The summed E-state index contributed by atoms with van der Waals surface area (Å²) in [6.07, 6.45) is -0.114. The maximum atomic E-state index is 12.8. The second kappa shape index (κ2) is 12.0. The van der Waals surface area contributed by atoms with Crippen molar-refractivity contribution in [2.24, 2.45) is 0 Å². The number of hydrogen-bond donors (Lipinski definition) is 3. The van der Waals surface area contributed by atoms with Crippen LogP contribution in [0.4, 0.5) is 11.4 Å². The van der Waals surface area contributed by atoms with Gasteiger partial charge in [-0.25, -0.2) is 0 Å². The molecule has 35 heavy (non-hydrogen) atoms. The van der Waals surface area contributed by atoms with Crippen LogP contribution in [0.5, 0.6) is 5.75 Å². The summed E-state index contributed by atoms with van der Waals surface area (Å²) in [5, 5.41) is 23.1. The number of aromatic nitrogens is 3. The molecule has 1 aromatic heterocycles. The van der Waals surface area contributed by atoms with Gasteiger partial charge in [0.05, 0.1) is 18.3 Å². The molecule has 0 bridgehead atoms. The van der Waals surface area contributed by atoms with E-state index < -0.39 is 11.2 Å².